The van der Waals surface area contributed by atoms with Crippen molar-refractivity contribution in [3.63, 3.8) is 0 Å². The maximum atomic E-state index is 5.83. The van der Waals surface area contributed by atoms with Crippen LogP contribution in [0, 0.1) is 13.8 Å². The first-order valence-electron chi connectivity index (χ1n) is 5.44. The van der Waals surface area contributed by atoms with Gasteiger partial charge < -0.3 is 10.1 Å². The number of aromatic nitrogens is 2. The Balaban J connectivity index is 2.03. The molecule has 4 heteroatoms. The van der Waals surface area contributed by atoms with Crippen LogP contribution in [-0.4, -0.2) is 29.4 Å². The second-order valence-electron chi connectivity index (χ2n) is 4.04. The third-order valence-corrected chi connectivity index (χ3v) is 2.63. The van der Waals surface area contributed by atoms with Crippen molar-refractivity contribution in [3.8, 4) is 5.88 Å². The van der Waals surface area contributed by atoms with Gasteiger partial charge in [-0.05, 0) is 45.8 Å². The van der Waals surface area contributed by atoms with Gasteiger partial charge in [0, 0.05) is 5.56 Å². The van der Waals surface area contributed by atoms with E-state index in [1.165, 1.54) is 0 Å². The highest BCUT2D eigenvalue weighted by molar-refractivity contribution is 5.24. The molecule has 1 aliphatic rings. The third-order valence-electron chi connectivity index (χ3n) is 2.63. The molecule has 1 fully saturated rings. The lowest BCUT2D eigenvalue weighted by atomic mass is 10.1. The molecular weight excluding hydrogens is 190 g/mol. The Labute approximate surface area is 90.1 Å². The SMILES string of the molecule is Cc1cc(C)c(OC2CCNCC2)nn1. The van der Waals surface area contributed by atoms with Crippen LogP contribution in [-0.2, 0) is 0 Å². The summed E-state index contributed by atoms with van der Waals surface area (Å²) in [5, 5.41) is 11.4. The molecule has 2 rings (SSSR count). The number of hydrogen-bond donors (Lipinski definition) is 1. The summed E-state index contributed by atoms with van der Waals surface area (Å²) in [4.78, 5) is 0. The predicted octanol–water partition coefficient (Wildman–Crippen LogP) is 1.22. The molecule has 82 valence electrons. The van der Waals surface area contributed by atoms with Gasteiger partial charge in [-0.1, -0.05) is 0 Å². The number of nitrogens with one attached hydrogen (secondary N) is 1. The van der Waals surface area contributed by atoms with Crippen LogP contribution in [0.3, 0.4) is 0 Å². The standard InChI is InChI=1S/C11H17N3O/c1-8-7-9(2)13-14-11(8)15-10-3-5-12-6-4-10/h7,10,12H,3-6H2,1-2H3. The van der Waals surface area contributed by atoms with E-state index < -0.39 is 0 Å². The molecule has 1 aromatic rings. The Morgan fingerprint density at radius 1 is 1.27 bits per heavy atom. The third kappa shape index (κ3) is 2.65. The van der Waals surface area contributed by atoms with Gasteiger partial charge in [0.05, 0.1) is 5.69 Å². The molecule has 0 radical (unpaired) electrons. The Hall–Kier alpha value is -1.16. The number of nitrogens with zero attached hydrogens (tertiary/aromatic N) is 2. The molecule has 0 aromatic carbocycles. The molecule has 0 amide bonds. The van der Waals surface area contributed by atoms with Crippen molar-refractivity contribution >= 4 is 0 Å². The van der Waals surface area contributed by atoms with E-state index in [0.717, 1.165) is 37.2 Å². The average molecular weight is 207 g/mol. The number of hydrogen-bond acceptors (Lipinski definition) is 4. The molecule has 1 aromatic heterocycles. The molecule has 4 nitrogen and oxygen atoms in total. The first kappa shape index (κ1) is 10.4. The zero-order valence-corrected chi connectivity index (χ0v) is 9.29. The topological polar surface area (TPSA) is 47.0 Å². The first-order chi connectivity index (χ1) is 7.25. The van der Waals surface area contributed by atoms with Crippen LogP contribution in [0.2, 0.25) is 0 Å². The van der Waals surface area contributed by atoms with Crippen molar-refractivity contribution in [1.82, 2.24) is 15.5 Å². The maximum Gasteiger partial charge on any atom is 0.236 e. The summed E-state index contributed by atoms with van der Waals surface area (Å²) in [6, 6.07) is 2.00. The van der Waals surface area contributed by atoms with E-state index in [1.807, 2.05) is 19.9 Å². The lowest BCUT2D eigenvalue weighted by Gasteiger charge is -2.23. The molecule has 0 saturated carbocycles. The van der Waals surface area contributed by atoms with E-state index >= 15 is 0 Å². The molecule has 0 bridgehead atoms. The fourth-order valence-electron chi connectivity index (χ4n) is 1.79. The molecule has 0 unspecified atom stereocenters. The van der Waals surface area contributed by atoms with Crippen LogP contribution in [0.4, 0.5) is 0 Å². The largest absolute Gasteiger partial charge is 0.473 e. The molecular formula is C11H17N3O. The van der Waals surface area contributed by atoms with E-state index in [0.29, 0.717) is 12.0 Å². The van der Waals surface area contributed by atoms with Gasteiger partial charge in [0.1, 0.15) is 6.10 Å². The van der Waals surface area contributed by atoms with Gasteiger partial charge in [-0.2, -0.15) is 5.10 Å². The fourth-order valence-corrected chi connectivity index (χ4v) is 1.79. The van der Waals surface area contributed by atoms with Crippen molar-refractivity contribution in [2.45, 2.75) is 32.8 Å². The summed E-state index contributed by atoms with van der Waals surface area (Å²) >= 11 is 0. The Morgan fingerprint density at radius 2 is 2.00 bits per heavy atom. The monoisotopic (exact) mass is 207 g/mol. The minimum absolute atomic E-state index is 0.293. The van der Waals surface area contributed by atoms with E-state index in [1.54, 1.807) is 0 Å². The van der Waals surface area contributed by atoms with Gasteiger partial charge in [0.2, 0.25) is 5.88 Å². The van der Waals surface area contributed by atoms with E-state index in [9.17, 15) is 0 Å². The molecule has 1 saturated heterocycles. The molecule has 1 N–H and O–H groups in total. The molecule has 0 spiro atoms. The average Bonchev–Trinajstić information content (AvgIpc) is 2.24. The fraction of sp³-hybridized carbons (Fsp3) is 0.636. The highest BCUT2D eigenvalue weighted by Crippen LogP contribution is 2.17. The van der Waals surface area contributed by atoms with Gasteiger partial charge >= 0.3 is 0 Å². The molecule has 0 aliphatic carbocycles. The van der Waals surface area contributed by atoms with Gasteiger partial charge in [0.25, 0.3) is 0 Å². The highest BCUT2D eigenvalue weighted by Gasteiger charge is 2.16. The van der Waals surface area contributed by atoms with Crippen molar-refractivity contribution in [1.29, 1.82) is 0 Å². The number of aryl methyl sites for hydroxylation is 2. The second-order valence-corrected chi connectivity index (χ2v) is 4.04. The lowest BCUT2D eigenvalue weighted by molar-refractivity contribution is 0.153. The van der Waals surface area contributed by atoms with Gasteiger partial charge in [-0.15, -0.1) is 5.10 Å². The van der Waals surface area contributed by atoms with Crippen molar-refractivity contribution in [3.05, 3.63) is 17.3 Å². The van der Waals surface area contributed by atoms with Crippen molar-refractivity contribution in [2.24, 2.45) is 0 Å². The molecule has 2 heterocycles. The van der Waals surface area contributed by atoms with Crippen LogP contribution < -0.4 is 10.1 Å². The minimum atomic E-state index is 0.293. The van der Waals surface area contributed by atoms with Crippen molar-refractivity contribution in [2.75, 3.05) is 13.1 Å². The zero-order valence-electron chi connectivity index (χ0n) is 9.29. The predicted molar refractivity (Wildman–Crippen MR) is 58.0 cm³/mol. The first-order valence-corrected chi connectivity index (χ1v) is 5.44. The Bertz CT molecular complexity index is 335. The number of rotatable bonds is 2. The summed E-state index contributed by atoms with van der Waals surface area (Å²) < 4.78 is 5.83. The molecule has 15 heavy (non-hydrogen) atoms. The van der Waals surface area contributed by atoms with Crippen LogP contribution in [0.25, 0.3) is 0 Å². The summed E-state index contributed by atoms with van der Waals surface area (Å²) in [6.45, 7) is 6.01. The summed E-state index contributed by atoms with van der Waals surface area (Å²) in [6.07, 6.45) is 2.39. The summed E-state index contributed by atoms with van der Waals surface area (Å²) in [5.74, 6) is 0.688. The summed E-state index contributed by atoms with van der Waals surface area (Å²) in [5.41, 5.74) is 2.01. The van der Waals surface area contributed by atoms with E-state index in [4.69, 9.17) is 4.74 Å². The Kier molecular flexibility index (Phi) is 3.16. The van der Waals surface area contributed by atoms with Crippen LogP contribution in [0.1, 0.15) is 24.1 Å². The minimum Gasteiger partial charge on any atom is -0.473 e. The maximum absolute atomic E-state index is 5.83. The number of piperidine rings is 1. The normalized spacial score (nSPS) is 17.7. The van der Waals surface area contributed by atoms with Crippen LogP contribution in [0.15, 0.2) is 6.07 Å². The number of ether oxygens (including phenoxy) is 1. The Morgan fingerprint density at radius 3 is 2.67 bits per heavy atom. The quantitative estimate of drug-likeness (QED) is 0.792. The van der Waals surface area contributed by atoms with E-state index in [-0.39, 0.29) is 0 Å². The molecule has 0 atom stereocenters. The highest BCUT2D eigenvalue weighted by atomic mass is 16.5. The summed E-state index contributed by atoms with van der Waals surface area (Å²) in [7, 11) is 0. The molecule has 1 aliphatic heterocycles. The zero-order chi connectivity index (χ0) is 10.7. The van der Waals surface area contributed by atoms with Gasteiger partial charge in [-0.3, -0.25) is 0 Å². The van der Waals surface area contributed by atoms with Gasteiger partial charge in [0.15, 0.2) is 0 Å². The lowest BCUT2D eigenvalue weighted by Crippen LogP contribution is -2.34. The van der Waals surface area contributed by atoms with Crippen LogP contribution in [0.5, 0.6) is 5.88 Å². The van der Waals surface area contributed by atoms with Crippen molar-refractivity contribution < 1.29 is 4.74 Å². The van der Waals surface area contributed by atoms with Gasteiger partial charge in [-0.25, -0.2) is 0 Å². The smallest absolute Gasteiger partial charge is 0.236 e. The van der Waals surface area contributed by atoms with Crippen LogP contribution >= 0.6 is 0 Å². The second kappa shape index (κ2) is 4.57. The van der Waals surface area contributed by atoms with E-state index in [2.05, 4.69) is 15.5 Å².